The molecule has 5 nitrogen and oxygen atoms in total. The summed E-state index contributed by atoms with van der Waals surface area (Å²) in [6.07, 6.45) is 2.69. The minimum atomic E-state index is -1.02. The number of fused-ring (bicyclic) bond motifs is 1. The predicted octanol–water partition coefficient (Wildman–Crippen LogP) is 3.86. The van der Waals surface area contributed by atoms with Gasteiger partial charge < -0.3 is 10.1 Å². The molecule has 0 radical (unpaired) electrons. The number of carbonyl (C=O) groups excluding carboxylic acids is 2. The lowest BCUT2D eigenvalue weighted by Gasteiger charge is -2.36. The molecular weight excluding hydrogens is 340 g/mol. The van der Waals surface area contributed by atoms with Crippen molar-refractivity contribution in [1.29, 1.82) is 0 Å². The summed E-state index contributed by atoms with van der Waals surface area (Å²) in [5, 5.41) is 4.98. The molecule has 2 unspecified atom stereocenters. The quantitative estimate of drug-likeness (QED) is 0.728. The van der Waals surface area contributed by atoms with Gasteiger partial charge in [-0.15, -0.1) is 0 Å². The maximum absolute atomic E-state index is 13.0. The second-order valence-electron chi connectivity index (χ2n) is 7.35. The number of benzene rings is 1. The molecule has 1 heterocycles. The van der Waals surface area contributed by atoms with Crippen LogP contribution in [0.5, 0.6) is 0 Å². The second-order valence-corrected chi connectivity index (χ2v) is 7.35. The van der Waals surface area contributed by atoms with Crippen LogP contribution in [-0.4, -0.2) is 35.9 Å². The SMILES string of the molecule is CCC(=O)CNC(=O)C(CC(C)c1nccc2ccccc12)(OC)C(C)C. The van der Waals surface area contributed by atoms with Crippen molar-refractivity contribution in [2.75, 3.05) is 13.7 Å². The van der Waals surface area contributed by atoms with E-state index in [1.807, 2.05) is 32.0 Å². The van der Waals surface area contributed by atoms with E-state index in [2.05, 4.69) is 29.4 Å². The Morgan fingerprint density at radius 3 is 2.52 bits per heavy atom. The number of Topliss-reactive ketones (excluding diaryl/α,β-unsaturated/α-hetero) is 1. The number of pyridine rings is 1. The van der Waals surface area contributed by atoms with E-state index in [1.54, 1.807) is 20.2 Å². The Balaban J connectivity index is 2.31. The van der Waals surface area contributed by atoms with E-state index in [9.17, 15) is 9.59 Å². The number of aromatic nitrogens is 1. The van der Waals surface area contributed by atoms with E-state index < -0.39 is 5.60 Å². The Labute approximate surface area is 161 Å². The van der Waals surface area contributed by atoms with Crippen molar-refractivity contribution in [3.63, 3.8) is 0 Å². The van der Waals surface area contributed by atoms with Gasteiger partial charge >= 0.3 is 0 Å². The van der Waals surface area contributed by atoms with Crippen molar-refractivity contribution in [2.45, 2.75) is 52.1 Å². The Bertz CT molecular complexity index is 798. The molecule has 0 saturated heterocycles. The first-order chi connectivity index (χ1) is 12.9. The fraction of sp³-hybridized carbons (Fsp3) is 0.500. The topological polar surface area (TPSA) is 68.3 Å². The molecule has 0 fully saturated rings. The summed E-state index contributed by atoms with van der Waals surface area (Å²) in [6.45, 7) is 7.82. The van der Waals surface area contributed by atoms with E-state index in [-0.39, 0.29) is 30.1 Å². The Kier molecular flexibility index (Phi) is 7.08. The summed E-state index contributed by atoms with van der Waals surface area (Å²) in [6, 6.07) is 10.1. The van der Waals surface area contributed by atoms with Crippen molar-refractivity contribution in [2.24, 2.45) is 5.92 Å². The monoisotopic (exact) mass is 370 g/mol. The molecule has 1 amide bonds. The van der Waals surface area contributed by atoms with E-state index in [4.69, 9.17) is 4.74 Å². The molecule has 0 bridgehead atoms. The van der Waals surface area contributed by atoms with Gasteiger partial charge in [-0.3, -0.25) is 14.6 Å². The van der Waals surface area contributed by atoms with Crippen LogP contribution in [0.15, 0.2) is 36.5 Å². The molecule has 2 atom stereocenters. The third-order valence-electron chi connectivity index (χ3n) is 5.30. The van der Waals surface area contributed by atoms with E-state index in [1.165, 1.54) is 0 Å². The molecule has 1 N–H and O–H groups in total. The highest BCUT2D eigenvalue weighted by Crippen LogP contribution is 2.35. The van der Waals surface area contributed by atoms with Gasteiger partial charge in [-0.25, -0.2) is 0 Å². The summed E-state index contributed by atoms with van der Waals surface area (Å²) in [4.78, 5) is 29.2. The lowest BCUT2D eigenvalue weighted by atomic mass is 9.79. The Hall–Kier alpha value is -2.27. The average molecular weight is 370 g/mol. The molecule has 0 aliphatic carbocycles. The molecular formula is C22H30N2O3. The molecule has 27 heavy (non-hydrogen) atoms. The molecule has 0 aliphatic rings. The fourth-order valence-electron chi connectivity index (χ4n) is 3.54. The van der Waals surface area contributed by atoms with Crippen LogP contribution in [0.25, 0.3) is 10.8 Å². The number of nitrogens with zero attached hydrogens (tertiary/aromatic N) is 1. The highest BCUT2D eigenvalue weighted by molar-refractivity contribution is 5.90. The van der Waals surface area contributed by atoms with Gasteiger partial charge in [0.1, 0.15) is 5.60 Å². The smallest absolute Gasteiger partial charge is 0.252 e. The third-order valence-corrected chi connectivity index (χ3v) is 5.30. The maximum atomic E-state index is 13.0. The van der Waals surface area contributed by atoms with Crippen LogP contribution in [0.1, 0.15) is 52.1 Å². The van der Waals surface area contributed by atoms with Crippen LogP contribution in [0, 0.1) is 5.92 Å². The predicted molar refractivity (Wildman–Crippen MR) is 108 cm³/mol. The minimum absolute atomic E-state index is 0.000813. The molecule has 146 valence electrons. The van der Waals surface area contributed by atoms with E-state index in [0.717, 1.165) is 16.5 Å². The third kappa shape index (κ3) is 4.53. The lowest BCUT2D eigenvalue weighted by Crippen LogP contribution is -2.53. The van der Waals surface area contributed by atoms with Gasteiger partial charge in [-0.1, -0.05) is 52.0 Å². The zero-order valence-electron chi connectivity index (χ0n) is 16.9. The number of ketones is 1. The first-order valence-corrected chi connectivity index (χ1v) is 9.54. The first-order valence-electron chi connectivity index (χ1n) is 9.54. The van der Waals surface area contributed by atoms with Gasteiger partial charge in [0.2, 0.25) is 0 Å². The first kappa shape index (κ1) is 21.0. The molecule has 1 aromatic heterocycles. The standard InChI is InChI=1S/C22H30N2O3/c1-6-18(25)14-24-21(26)22(27-5,15(2)3)13-16(4)20-19-10-8-7-9-17(19)11-12-23-20/h7-12,15-16H,6,13-14H2,1-5H3,(H,24,26). The van der Waals surface area contributed by atoms with Crippen LogP contribution in [0.4, 0.5) is 0 Å². The minimum Gasteiger partial charge on any atom is -0.368 e. The summed E-state index contributed by atoms with van der Waals surface area (Å²) >= 11 is 0. The van der Waals surface area contributed by atoms with Gasteiger partial charge in [0.25, 0.3) is 5.91 Å². The number of methoxy groups -OCH3 is 1. The van der Waals surface area contributed by atoms with E-state index >= 15 is 0 Å². The molecule has 2 aromatic rings. The highest BCUT2D eigenvalue weighted by Gasteiger charge is 2.43. The van der Waals surface area contributed by atoms with Crippen molar-refractivity contribution in [1.82, 2.24) is 10.3 Å². The molecule has 0 saturated carbocycles. The van der Waals surface area contributed by atoms with Crippen LogP contribution < -0.4 is 5.32 Å². The van der Waals surface area contributed by atoms with Gasteiger partial charge in [0.15, 0.2) is 5.78 Å². The summed E-state index contributed by atoms with van der Waals surface area (Å²) in [5.41, 5.74) is -0.0703. The van der Waals surface area contributed by atoms with Crippen LogP contribution in [-0.2, 0) is 14.3 Å². The van der Waals surface area contributed by atoms with Crippen molar-refractivity contribution < 1.29 is 14.3 Å². The normalized spacial score (nSPS) is 14.7. The lowest BCUT2D eigenvalue weighted by molar-refractivity contribution is -0.152. The number of rotatable bonds is 9. The molecule has 1 aromatic carbocycles. The molecule has 0 aliphatic heterocycles. The summed E-state index contributed by atoms with van der Waals surface area (Å²) in [5.74, 6) is -0.294. The second kappa shape index (κ2) is 9.09. The number of ether oxygens (including phenoxy) is 1. The van der Waals surface area contributed by atoms with Crippen LogP contribution in [0.3, 0.4) is 0 Å². The molecule has 5 heteroatoms. The number of nitrogens with one attached hydrogen (secondary N) is 1. The number of hydrogen-bond acceptors (Lipinski definition) is 4. The summed E-state index contributed by atoms with van der Waals surface area (Å²) in [7, 11) is 1.56. The Morgan fingerprint density at radius 1 is 1.19 bits per heavy atom. The maximum Gasteiger partial charge on any atom is 0.252 e. The van der Waals surface area contributed by atoms with Crippen molar-refractivity contribution in [3.8, 4) is 0 Å². The van der Waals surface area contributed by atoms with Gasteiger partial charge in [-0.05, 0) is 23.8 Å². The zero-order valence-corrected chi connectivity index (χ0v) is 16.9. The average Bonchev–Trinajstić information content (AvgIpc) is 2.68. The zero-order chi connectivity index (χ0) is 20.0. The highest BCUT2D eigenvalue weighted by atomic mass is 16.5. The van der Waals surface area contributed by atoms with Crippen LogP contribution in [0.2, 0.25) is 0 Å². The number of amides is 1. The molecule has 2 rings (SSSR count). The van der Waals surface area contributed by atoms with Crippen LogP contribution >= 0.6 is 0 Å². The van der Waals surface area contributed by atoms with Crippen molar-refractivity contribution >= 4 is 22.5 Å². The van der Waals surface area contributed by atoms with Gasteiger partial charge in [-0.2, -0.15) is 0 Å². The summed E-state index contributed by atoms with van der Waals surface area (Å²) < 4.78 is 5.78. The van der Waals surface area contributed by atoms with Gasteiger partial charge in [0, 0.05) is 31.0 Å². The number of carbonyl (C=O) groups is 2. The fourth-order valence-corrected chi connectivity index (χ4v) is 3.54. The molecule has 0 spiro atoms. The number of hydrogen-bond donors (Lipinski definition) is 1. The Morgan fingerprint density at radius 2 is 1.89 bits per heavy atom. The van der Waals surface area contributed by atoms with Gasteiger partial charge in [0.05, 0.1) is 12.2 Å². The van der Waals surface area contributed by atoms with Crippen molar-refractivity contribution in [3.05, 3.63) is 42.2 Å². The largest absolute Gasteiger partial charge is 0.368 e. The van der Waals surface area contributed by atoms with E-state index in [0.29, 0.717) is 12.8 Å².